The predicted octanol–water partition coefficient (Wildman–Crippen LogP) is 3.72. The molecule has 0 saturated carbocycles. The zero-order valence-electron chi connectivity index (χ0n) is 12.2. The maximum atomic E-state index is 5.29. The van der Waals surface area contributed by atoms with Crippen LogP contribution >= 0.6 is 0 Å². The Balaban J connectivity index is 1.83. The minimum Gasteiger partial charge on any atom is -0.497 e. The third kappa shape index (κ3) is 2.11. The molecule has 0 radical (unpaired) electrons. The molecule has 1 saturated heterocycles. The summed E-state index contributed by atoms with van der Waals surface area (Å²) in [5.74, 6) is 1.96. The molecule has 0 aliphatic carbocycles. The van der Waals surface area contributed by atoms with E-state index in [2.05, 4.69) is 28.1 Å². The summed E-state index contributed by atoms with van der Waals surface area (Å²) in [6.07, 6.45) is 3.88. The van der Waals surface area contributed by atoms with Crippen LogP contribution in [0.1, 0.15) is 19.3 Å². The van der Waals surface area contributed by atoms with Crippen molar-refractivity contribution < 1.29 is 4.74 Å². The van der Waals surface area contributed by atoms with Gasteiger partial charge in [0.25, 0.3) is 0 Å². The zero-order valence-corrected chi connectivity index (χ0v) is 12.2. The fourth-order valence-electron chi connectivity index (χ4n) is 3.16. The molecule has 1 aliphatic heterocycles. The molecule has 4 heteroatoms. The number of methoxy groups -OCH3 is 1. The molecule has 0 atom stereocenters. The van der Waals surface area contributed by atoms with Crippen LogP contribution in [0.15, 0.2) is 30.3 Å². The van der Waals surface area contributed by atoms with Crippen LogP contribution < -0.4 is 9.64 Å². The highest BCUT2D eigenvalue weighted by Gasteiger charge is 2.14. The Hall–Kier alpha value is -2.23. The molecule has 0 amide bonds. The average molecular weight is 281 g/mol. The van der Waals surface area contributed by atoms with Crippen molar-refractivity contribution >= 4 is 27.8 Å². The maximum absolute atomic E-state index is 5.29. The lowest BCUT2D eigenvalue weighted by Crippen LogP contribution is -2.30. The number of nitrogens with one attached hydrogen (secondary N) is 1. The van der Waals surface area contributed by atoms with Crippen molar-refractivity contribution in [1.29, 1.82) is 0 Å². The van der Waals surface area contributed by atoms with Crippen LogP contribution in [0.2, 0.25) is 0 Å². The normalized spacial score (nSPS) is 15.8. The fourth-order valence-corrected chi connectivity index (χ4v) is 3.16. The summed E-state index contributed by atoms with van der Waals surface area (Å²) in [5.41, 5.74) is 3.21. The van der Waals surface area contributed by atoms with Crippen molar-refractivity contribution in [3.05, 3.63) is 30.3 Å². The van der Waals surface area contributed by atoms with Crippen LogP contribution in [-0.4, -0.2) is 30.2 Å². The summed E-state index contributed by atoms with van der Waals surface area (Å²) in [7, 11) is 1.69. The number of hydrogen-bond acceptors (Lipinski definition) is 3. The van der Waals surface area contributed by atoms with E-state index in [-0.39, 0.29) is 0 Å². The van der Waals surface area contributed by atoms with Crippen LogP contribution in [0.3, 0.4) is 0 Å². The fraction of sp³-hybridized carbons (Fsp3) is 0.353. The van der Waals surface area contributed by atoms with Gasteiger partial charge in [-0.05, 0) is 43.5 Å². The number of nitrogens with zero attached hydrogens (tertiary/aromatic N) is 2. The lowest BCUT2D eigenvalue weighted by Gasteiger charge is -2.27. The van der Waals surface area contributed by atoms with Crippen molar-refractivity contribution in [3.63, 3.8) is 0 Å². The SMILES string of the molecule is COc1ccc2c(c1)[nH]c1ccc(N3CCCCC3)nc12. The molecule has 0 bridgehead atoms. The lowest BCUT2D eigenvalue weighted by atomic mass is 10.1. The second-order valence-corrected chi connectivity index (χ2v) is 5.65. The monoisotopic (exact) mass is 281 g/mol. The van der Waals surface area contributed by atoms with Gasteiger partial charge in [-0.15, -0.1) is 0 Å². The molecule has 21 heavy (non-hydrogen) atoms. The van der Waals surface area contributed by atoms with Gasteiger partial charge >= 0.3 is 0 Å². The van der Waals surface area contributed by atoms with Crippen LogP contribution in [0.25, 0.3) is 21.9 Å². The van der Waals surface area contributed by atoms with E-state index in [4.69, 9.17) is 9.72 Å². The Morgan fingerprint density at radius 1 is 1.05 bits per heavy atom. The summed E-state index contributed by atoms with van der Waals surface area (Å²) < 4.78 is 5.29. The van der Waals surface area contributed by atoms with E-state index in [9.17, 15) is 0 Å². The lowest BCUT2D eigenvalue weighted by molar-refractivity contribution is 0.415. The summed E-state index contributed by atoms with van der Waals surface area (Å²) in [5, 5.41) is 1.16. The molecule has 2 aromatic heterocycles. The van der Waals surface area contributed by atoms with Crippen LogP contribution in [0, 0.1) is 0 Å². The van der Waals surface area contributed by atoms with Gasteiger partial charge in [0.1, 0.15) is 11.6 Å². The molecule has 1 N–H and O–H groups in total. The van der Waals surface area contributed by atoms with Crippen LogP contribution in [0.4, 0.5) is 5.82 Å². The molecule has 1 aromatic carbocycles. The Morgan fingerprint density at radius 2 is 1.90 bits per heavy atom. The predicted molar refractivity (Wildman–Crippen MR) is 86.2 cm³/mol. The molecular weight excluding hydrogens is 262 g/mol. The molecule has 0 unspecified atom stereocenters. The Bertz CT molecular complexity index is 787. The van der Waals surface area contributed by atoms with Crippen molar-refractivity contribution in [3.8, 4) is 5.75 Å². The molecule has 3 heterocycles. The van der Waals surface area contributed by atoms with Crippen molar-refractivity contribution in [2.24, 2.45) is 0 Å². The molecule has 3 aromatic rings. The number of rotatable bonds is 2. The zero-order chi connectivity index (χ0) is 14.2. The van der Waals surface area contributed by atoms with Gasteiger partial charge in [-0.3, -0.25) is 0 Å². The van der Waals surface area contributed by atoms with E-state index in [0.29, 0.717) is 0 Å². The van der Waals surface area contributed by atoms with Gasteiger partial charge in [0.2, 0.25) is 0 Å². The van der Waals surface area contributed by atoms with Gasteiger partial charge in [0, 0.05) is 24.5 Å². The number of benzene rings is 1. The molecule has 0 spiro atoms. The minimum absolute atomic E-state index is 0.866. The molecular formula is C17H19N3O. The van der Waals surface area contributed by atoms with Gasteiger partial charge in [-0.2, -0.15) is 0 Å². The van der Waals surface area contributed by atoms with Gasteiger partial charge in [0.15, 0.2) is 0 Å². The van der Waals surface area contributed by atoms with E-state index in [1.165, 1.54) is 19.3 Å². The Kier molecular flexibility index (Phi) is 2.95. The maximum Gasteiger partial charge on any atom is 0.129 e. The number of piperidine rings is 1. The van der Waals surface area contributed by atoms with Crippen molar-refractivity contribution in [2.75, 3.05) is 25.1 Å². The topological polar surface area (TPSA) is 41.1 Å². The largest absolute Gasteiger partial charge is 0.497 e. The van der Waals surface area contributed by atoms with Crippen molar-refractivity contribution in [2.45, 2.75) is 19.3 Å². The van der Waals surface area contributed by atoms with Gasteiger partial charge in [-0.25, -0.2) is 4.98 Å². The number of aromatic amines is 1. The third-order valence-electron chi connectivity index (χ3n) is 4.31. The van der Waals surface area contributed by atoms with Crippen LogP contribution in [-0.2, 0) is 0 Å². The van der Waals surface area contributed by atoms with E-state index in [0.717, 1.165) is 46.6 Å². The van der Waals surface area contributed by atoms with Gasteiger partial charge < -0.3 is 14.6 Å². The number of anilines is 1. The summed E-state index contributed by atoms with van der Waals surface area (Å²) in [4.78, 5) is 10.7. The average Bonchev–Trinajstić information content (AvgIpc) is 2.92. The number of H-pyrrole nitrogens is 1. The number of ether oxygens (including phenoxy) is 1. The second-order valence-electron chi connectivity index (χ2n) is 5.65. The second kappa shape index (κ2) is 4.95. The quantitative estimate of drug-likeness (QED) is 0.778. The summed E-state index contributed by atoms with van der Waals surface area (Å²) in [6, 6.07) is 10.4. The molecule has 4 nitrogen and oxygen atoms in total. The minimum atomic E-state index is 0.866. The Labute approximate surface area is 123 Å². The first kappa shape index (κ1) is 12.5. The molecule has 108 valence electrons. The molecule has 1 aliphatic rings. The standard InChI is InChI=1S/C17H19N3O/c1-21-12-5-6-13-15(11-12)18-14-7-8-16(19-17(13)14)20-9-3-2-4-10-20/h5-8,11,18H,2-4,9-10H2,1H3. The van der Waals surface area contributed by atoms with Gasteiger partial charge in [-0.1, -0.05) is 0 Å². The van der Waals surface area contributed by atoms with Crippen LogP contribution in [0.5, 0.6) is 5.75 Å². The first-order valence-electron chi connectivity index (χ1n) is 7.56. The van der Waals surface area contributed by atoms with E-state index in [1.807, 2.05) is 12.1 Å². The number of aromatic nitrogens is 2. The first-order valence-corrected chi connectivity index (χ1v) is 7.56. The highest BCUT2D eigenvalue weighted by Crippen LogP contribution is 2.29. The smallest absolute Gasteiger partial charge is 0.129 e. The summed E-state index contributed by atoms with van der Waals surface area (Å²) in [6.45, 7) is 2.24. The van der Waals surface area contributed by atoms with Crippen molar-refractivity contribution in [1.82, 2.24) is 9.97 Å². The summed E-state index contributed by atoms with van der Waals surface area (Å²) >= 11 is 0. The third-order valence-corrected chi connectivity index (χ3v) is 4.31. The number of hydrogen-bond donors (Lipinski definition) is 1. The first-order chi connectivity index (χ1) is 10.3. The molecule has 4 rings (SSSR count). The van der Waals surface area contributed by atoms with E-state index >= 15 is 0 Å². The highest BCUT2D eigenvalue weighted by atomic mass is 16.5. The van der Waals surface area contributed by atoms with E-state index < -0.39 is 0 Å². The van der Waals surface area contributed by atoms with Gasteiger partial charge in [0.05, 0.1) is 23.7 Å². The Morgan fingerprint density at radius 3 is 2.71 bits per heavy atom. The number of pyridine rings is 1. The number of fused-ring (bicyclic) bond motifs is 3. The highest BCUT2D eigenvalue weighted by molar-refractivity contribution is 6.05. The molecule has 1 fully saturated rings. The van der Waals surface area contributed by atoms with E-state index in [1.54, 1.807) is 7.11 Å².